The van der Waals surface area contributed by atoms with Gasteiger partial charge >= 0.3 is 0 Å². The van der Waals surface area contributed by atoms with Gasteiger partial charge < -0.3 is 19.7 Å². The van der Waals surface area contributed by atoms with E-state index in [-0.39, 0.29) is 23.0 Å². The molecule has 2 aromatic rings. The standard InChI is InChI=1S/C19H22N2O4/c1-12-9-13(2)21(11-16-7-4-8-25-16)19(24)17(12)18(23)20-14-5-3-6-15(22)10-14/h3,5-6,9-10,16,22H,4,7-8,11H2,1-2H3,(H,20,23). The lowest BCUT2D eigenvalue weighted by atomic mass is 10.1. The van der Waals surface area contributed by atoms with E-state index in [1.807, 2.05) is 13.0 Å². The zero-order valence-corrected chi connectivity index (χ0v) is 14.4. The highest BCUT2D eigenvalue weighted by Crippen LogP contribution is 2.18. The Morgan fingerprint density at radius 1 is 1.36 bits per heavy atom. The molecule has 2 N–H and O–H groups in total. The largest absolute Gasteiger partial charge is 0.508 e. The predicted octanol–water partition coefficient (Wildman–Crippen LogP) is 2.60. The number of anilines is 1. The van der Waals surface area contributed by atoms with Gasteiger partial charge in [0, 0.05) is 24.1 Å². The third kappa shape index (κ3) is 3.74. The number of phenolic OH excluding ortho intramolecular Hbond substituents is 1. The van der Waals surface area contributed by atoms with Crippen molar-refractivity contribution < 1.29 is 14.6 Å². The molecule has 0 aliphatic carbocycles. The first-order valence-electron chi connectivity index (χ1n) is 8.38. The maximum atomic E-state index is 12.9. The Balaban J connectivity index is 1.92. The summed E-state index contributed by atoms with van der Waals surface area (Å²) in [6, 6.07) is 8.08. The summed E-state index contributed by atoms with van der Waals surface area (Å²) < 4.78 is 7.23. The summed E-state index contributed by atoms with van der Waals surface area (Å²) in [5, 5.41) is 12.2. The number of carbonyl (C=O) groups is 1. The zero-order valence-electron chi connectivity index (χ0n) is 14.4. The number of phenols is 1. The minimum absolute atomic E-state index is 0.0149. The van der Waals surface area contributed by atoms with Gasteiger partial charge in [-0.3, -0.25) is 9.59 Å². The molecule has 0 bridgehead atoms. The van der Waals surface area contributed by atoms with Crippen molar-refractivity contribution in [1.29, 1.82) is 0 Å². The third-order valence-electron chi connectivity index (χ3n) is 4.45. The molecule has 0 saturated carbocycles. The Hall–Kier alpha value is -2.60. The van der Waals surface area contributed by atoms with Crippen LogP contribution in [0.4, 0.5) is 5.69 Å². The van der Waals surface area contributed by atoms with Gasteiger partial charge in [-0.2, -0.15) is 0 Å². The summed E-state index contributed by atoms with van der Waals surface area (Å²) in [6.45, 7) is 4.79. The van der Waals surface area contributed by atoms with Crippen LogP contribution < -0.4 is 10.9 Å². The second-order valence-electron chi connectivity index (χ2n) is 6.40. The second-order valence-corrected chi connectivity index (χ2v) is 6.40. The van der Waals surface area contributed by atoms with Crippen LogP contribution in [0.1, 0.15) is 34.5 Å². The van der Waals surface area contributed by atoms with Gasteiger partial charge in [-0.25, -0.2) is 0 Å². The maximum absolute atomic E-state index is 12.9. The highest BCUT2D eigenvalue weighted by Gasteiger charge is 2.22. The highest BCUT2D eigenvalue weighted by molar-refractivity contribution is 6.05. The smallest absolute Gasteiger partial charge is 0.263 e. The average Bonchev–Trinajstić information content (AvgIpc) is 3.04. The Kier molecular flexibility index (Phi) is 4.90. The fourth-order valence-electron chi connectivity index (χ4n) is 3.20. The van der Waals surface area contributed by atoms with E-state index in [0.717, 1.165) is 25.1 Å². The van der Waals surface area contributed by atoms with E-state index in [1.54, 1.807) is 23.6 Å². The summed E-state index contributed by atoms with van der Waals surface area (Å²) in [7, 11) is 0. The van der Waals surface area contributed by atoms with Crippen LogP contribution in [0.5, 0.6) is 5.75 Å². The number of aryl methyl sites for hydroxylation is 2. The number of carbonyl (C=O) groups excluding carboxylic acids is 1. The number of aromatic nitrogens is 1. The van der Waals surface area contributed by atoms with Crippen LogP contribution in [0.25, 0.3) is 0 Å². The summed E-state index contributed by atoms with van der Waals surface area (Å²) in [5.41, 5.74) is 1.68. The van der Waals surface area contributed by atoms with E-state index >= 15 is 0 Å². The third-order valence-corrected chi connectivity index (χ3v) is 4.45. The van der Waals surface area contributed by atoms with E-state index in [4.69, 9.17) is 4.74 Å². The molecule has 0 spiro atoms. The summed E-state index contributed by atoms with van der Waals surface area (Å²) in [6.07, 6.45) is 1.93. The highest BCUT2D eigenvalue weighted by atomic mass is 16.5. The molecule has 1 saturated heterocycles. The van der Waals surface area contributed by atoms with Crippen LogP contribution in [0.2, 0.25) is 0 Å². The van der Waals surface area contributed by atoms with Crippen LogP contribution >= 0.6 is 0 Å². The van der Waals surface area contributed by atoms with Gasteiger partial charge in [0.25, 0.3) is 11.5 Å². The molecule has 1 aromatic heterocycles. The monoisotopic (exact) mass is 342 g/mol. The van der Waals surface area contributed by atoms with E-state index in [9.17, 15) is 14.7 Å². The number of rotatable bonds is 4. The summed E-state index contributed by atoms with van der Waals surface area (Å²) >= 11 is 0. The fourth-order valence-corrected chi connectivity index (χ4v) is 3.20. The van der Waals surface area contributed by atoms with Gasteiger partial charge in [0.2, 0.25) is 0 Å². The van der Waals surface area contributed by atoms with Crippen LogP contribution in [-0.2, 0) is 11.3 Å². The molecule has 0 radical (unpaired) electrons. The van der Waals surface area contributed by atoms with Crippen molar-refractivity contribution in [3.8, 4) is 5.75 Å². The first-order valence-corrected chi connectivity index (χ1v) is 8.38. The van der Waals surface area contributed by atoms with Gasteiger partial charge in [0.15, 0.2) is 0 Å². The first-order chi connectivity index (χ1) is 12.0. The average molecular weight is 342 g/mol. The molecular formula is C19H22N2O4. The minimum Gasteiger partial charge on any atom is -0.508 e. The quantitative estimate of drug-likeness (QED) is 0.895. The van der Waals surface area contributed by atoms with E-state index in [2.05, 4.69) is 5.32 Å². The Bertz CT molecular complexity index is 851. The number of nitrogens with zero attached hydrogens (tertiary/aromatic N) is 1. The maximum Gasteiger partial charge on any atom is 0.263 e. The van der Waals surface area contributed by atoms with Crippen LogP contribution in [0, 0.1) is 13.8 Å². The zero-order chi connectivity index (χ0) is 18.0. The topological polar surface area (TPSA) is 80.6 Å². The molecule has 1 fully saturated rings. The Morgan fingerprint density at radius 2 is 2.16 bits per heavy atom. The SMILES string of the molecule is Cc1cc(C)n(CC2CCCO2)c(=O)c1C(=O)Nc1cccc(O)c1. The molecular weight excluding hydrogens is 320 g/mol. The summed E-state index contributed by atoms with van der Waals surface area (Å²) in [4.78, 5) is 25.5. The molecule has 1 unspecified atom stereocenters. The van der Waals surface area contributed by atoms with Gasteiger partial charge in [-0.15, -0.1) is 0 Å². The number of hydrogen-bond acceptors (Lipinski definition) is 4. The number of ether oxygens (including phenoxy) is 1. The van der Waals surface area contributed by atoms with E-state index in [0.29, 0.717) is 17.8 Å². The molecule has 1 aromatic carbocycles. The molecule has 1 aliphatic heterocycles. The Morgan fingerprint density at radius 3 is 2.84 bits per heavy atom. The van der Waals surface area contributed by atoms with Gasteiger partial charge in [-0.1, -0.05) is 6.07 Å². The molecule has 1 amide bonds. The normalized spacial score (nSPS) is 16.8. The summed E-state index contributed by atoms with van der Waals surface area (Å²) in [5.74, 6) is -0.427. The second kappa shape index (κ2) is 7.11. The molecule has 25 heavy (non-hydrogen) atoms. The van der Waals surface area contributed by atoms with Crippen LogP contribution in [0.15, 0.2) is 35.1 Å². The van der Waals surface area contributed by atoms with Gasteiger partial charge in [0.1, 0.15) is 11.3 Å². The lowest BCUT2D eigenvalue weighted by Gasteiger charge is -2.17. The minimum atomic E-state index is -0.478. The predicted molar refractivity (Wildman–Crippen MR) is 95.2 cm³/mol. The van der Waals surface area contributed by atoms with Crippen molar-refractivity contribution in [2.45, 2.75) is 39.3 Å². The van der Waals surface area contributed by atoms with E-state index in [1.165, 1.54) is 12.1 Å². The molecule has 1 aliphatic rings. The first kappa shape index (κ1) is 17.2. The molecule has 6 nitrogen and oxygen atoms in total. The molecule has 2 heterocycles. The van der Waals surface area contributed by atoms with Crippen molar-refractivity contribution in [3.05, 3.63) is 57.5 Å². The van der Waals surface area contributed by atoms with E-state index < -0.39 is 5.91 Å². The number of amides is 1. The number of pyridine rings is 1. The van der Waals surface area contributed by atoms with Crippen molar-refractivity contribution in [2.24, 2.45) is 0 Å². The lowest BCUT2D eigenvalue weighted by Crippen LogP contribution is -2.34. The molecule has 132 valence electrons. The fraction of sp³-hybridized carbons (Fsp3) is 0.368. The number of hydrogen-bond donors (Lipinski definition) is 2. The molecule has 3 rings (SSSR count). The van der Waals surface area contributed by atoms with Crippen LogP contribution in [-0.4, -0.2) is 28.3 Å². The van der Waals surface area contributed by atoms with Crippen molar-refractivity contribution in [2.75, 3.05) is 11.9 Å². The lowest BCUT2D eigenvalue weighted by molar-refractivity contribution is 0.0947. The number of benzene rings is 1. The van der Waals surface area contributed by atoms with Crippen molar-refractivity contribution in [1.82, 2.24) is 4.57 Å². The van der Waals surface area contributed by atoms with Crippen LogP contribution in [0.3, 0.4) is 0 Å². The van der Waals surface area contributed by atoms with Gasteiger partial charge in [-0.05, 0) is 50.5 Å². The van der Waals surface area contributed by atoms with Crippen molar-refractivity contribution >= 4 is 11.6 Å². The van der Waals surface area contributed by atoms with Crippen molar-refractivity contribution in [3.63, 3.8) is 0 Å². The van der Waals surface area contributed by atoms with Gasteiger partial charge in [0.05, 0.1) is 12.6 Å². The number of nitrogens with one attached hydrogen (secondary N) is 1. The molecule has 6 heteroatoms. The Labute approximate surface area is 146 Å². The molecule has 1 atom stereocenters. The number of aromatic hydroxyl groups is 1.